The smallest absolute Gasteiger partial charge is 0.307 e. The summed E-state index contributed by atoms with van der Waals surface area (Å²) < 4.78 is 5.14. The fraction of sp³-hybridized carbons (Fsp3) is 0.385. The molecule has 102 valence electrons. The predicted octanol–water partition coefficient (Wildman–Crippen LogP) is 0.226. The second-order valence-electron chi connectivity index (χ2n) is 4.56. The van der Waals surface area contributed by atoms with E-state index in [1.54, 1.807) is 24.3 Å². The van der Waals surface area contributed by atoms with Gasteiger partial charge in [0.2, 0.25) is 5.91 Å². The van der Waals surface area contributed by atoms with Gasteiger partial charge in [-0.2, -0.15) is 0 Å². The molecule has 2 unspecified atom stereocenters. The van der Waals surface area contributed by atoms with Crippen LogP contribution in [0, 0.1) is 5.92 Å². The molecule has 19 heavy (non-hydrogen) atoms. The van der Waals surface area contributed by atoms with Crippen molar-refractivity contribution in [1.82, 2.24) is 0 Å². The molecule has 1 aromatic carbocycles. The molecule has 1 saturated heterocycles. The van der Waals surface area contributed by atoms with Crippen LogP contribution in [0.5, 0.6) is 0 Å². The monoisotopic (exact) mass is 264 g/mol. The van der Waals surface area contributed by atoms with E-state index >= 15 is 0 Å². The van der Waals surface area contributed by atoms with Crippen LogP contribution >= 0.6 is 0 Å². The number of ether oxygens (including phenoxy) is 1. The molecule has 2 rings (SSSR count). The third-order valence-electron chi connectivity index (χ3n) is 3.04. The highest BCUT2D eigenvalue weighted by Crippen LogP contribution is 2.16. The van der Waals surface area contributed by atoms with Crippen molar-refractivity contribution in [2.75, 3.05) is 18.5 Å². The molecular formula is C13H16N2O4. The fourth-order valence-corrected chi connectivity index (χ4v) is 1.96. The van der Waals surface area contributed by atoms with E-state index in [1.807, 2.05) is 0 Å². The molecule has 1 aliphatic rings. The number of carboxylic acid groups (broad SMARTS) is 1. The van der Waals surface area contributed by atoms with Crippen molar-refractivity contribution >= 4 is 17.6 Å². The minimum Gasteiger partial charge on any atom is -0.481 e. The topological polar surface area (TPSA) is 102 Å². The summed E-state index contributed by atoms with van der Waals surface area (Å²) in [6, 6.07) is 6.44. The summed E-state index contributed by atoms with van der Waals surface area (Å²) in [4.78, 5) is 22.5. The summed E-state index contributed by atoms with van der Waals surface area (Å²) >= 11 is 0. The van der Waals surface area contributed by atoms with Gasteiger partial charge in [-0.05, 0) is 17.7 Å². The number of rotatable bonds is 4. The third-order valence-corrected chi connectivity index (χ3v) is 3.04. The van der Waals surface area contributed by atoms with E-state index in [0.29, 0.717) is 24.5 Å². The number of hydrogen-bond acceptors (Lipinski definition) is 4. The zero-order valence-corrected chi connectivity index (χ0v) is 10.3. The largest absolute Gasteiger partial charge is 0.481 e. The van der Waals surface area contributed by atoms with Gasteiger partial charge in [0.1, 0.15) is 0 Å². The number of amides is 1. The zero-order valence-electron chi connectivity index (χ0n) is 10.3. The minimum absolute atomic E-state index is 0.0322. The summed E-state index contributed by atoms with van der Waals surface area (Å²) in [6.07, 6.45) is -0.0322. The lowest BCUT2D eigenvalue weighted by Crippen LogP contribution is -2.37. The van der Waals surface area contributed by atoms with Gasteiger partial charge < -0.3 is 20.9 Å². The lowest BCUT2D eigenvalue weighted by atomic mass is 10.0. The first-order chi connectivity index (χ1) is 9.06. The van der Waals surface area contributed by atoms with Crippen molar-refractivity contribution in [3.05, 3.63) is 29.8 Å². The molecule has 0 aromatic heterocycles. The molecule has 1 aliphatic heterocycles. The Morgan fingerprint density at radius 2 is 2.00 bits per heavy atom. The van der Waals surface area contributed by atoms with Crippen LogP contribution in [-0.2, 0) is 20.7 Å². The molecule has 2 atom stereocenters. The lowest BCUT2D eigenvalue weighted by molar-refractivity contribution is -0.136. The van der Waals surface area contributed by atoms with Gasteiger partial charge in [0, 0.05) is 11.7 Å². The Morgan fingerprint density at radius 3 is 2.53 bits per heavy atom. The second-order valence-corrected chi connectivity index (χ2v) is 4.56. The summed E-state index contributed by atoms with van der Waals surface area (Å²) in [6.45, 7) is 0.736. The maximum absolute atomic E-state index is 11.9. The second kappa shape index (κ2) is 5.81. The number of nitrogens with two attached hydrogens (primary N) is 1. The first-order valence-electron chi connectivity index (χ1n) is 6.01. The van der Waals surface area contributed by atoms with E-state index in [1.165, 1.54) is 0 Å². The molecule has 1 amide bonds. The van der Waals surface area contributed by atoms with Gasteiger partial charge in [-0.15, -0.1) is 0 Å². The molecule has 1 fully saturated rings. The molecule has 0 saturated carbocycles. The van der Waals surface area contributed by atoms with E-state index < -0.39 is 5.97 Å². The standard InChI is InChI=1S/C13H16N2O4/c14-11-7-19-6-10(11)13(18)15-9-3-1-8(2-4-9)5-12(16)17/h1-4,10-11H,5-7,14H2,(H,15,18)(H,16,17). The SMILES string of the molecule is NC1COCC1C(=O)Nc1ccc(CC(=O)O)cc1. The van der Waals surface area contributed by atoms with Gasteiger partial charge in [-0.1, -0.05) is 12.1 Å². The van der Waals surface area contributed by atoms with Crippen molar-refractivity contribution in [2.45, 2.75) is 12.5 Å². The van der Waals surface area contributed by atoms with E-state index in [-0.39, 0.29) is 24.3 Å². The van der Waals surface area contributed by atoms with Gasteiger partial charge in [-0.3, -0.25) is 9.59 Å². The molecule has 0 bridgehead atoms. The third kappa shape index (κ3) is 3.52. The zero-order chi connectivity index (χ0) is 13.8. The van der Waals surface area contributed by atoms with Crippen molar-refractivity contribution in [3.8, 4) is 0 Å². The van der Waals surface area contributed by atoms with Crippen LogP contribution in [-0.4, -0.2) is 36.2 Å². The molecule has 4 N–H and O–H groups in total. The maximum atomic E-state index is 11.9. The highest BCUT2D eigenvalue weighted by molar-refractivity contribution is 5.93. The van der Waals surface area contributed by atoms with Gasteiger partial charge >= 0.3 is 5.97 Å². The molecule has 0 radical (unpaired) electrons. The highest BCUT2D eigenvalue weighted by atomic mass is 16.5. The number of aliphatic carboxylic acids is 1. The maximum Gasteiger partial charge on any atom is 0.307 e. The lowest BCUT2D eigenvalue weighted by Gasteiger charge is -2.13. The van der Waals surface area contributed by atoms with Crippen molar-refractivity contribution in [1.29, 1.82) is 0 Å². The van der Waals surface area contributed by atoms with E-state index in [2.05, 4.69) is 5.32 Å². The fourth-order valence-electron chi connectivity index (χ4n) is 1.96. The normalized spacial score (nSPS) is 22.2. The van der Waals surface area contributed by atoms with Gasteiger partial charge in [0.05, 0.1) is 25.6 Å². The molecular weight excluding hydrogens is 248 g/mol. The van der Waals surface area contributed by atoms with Gasteiger partial charge in [0.15, 0.2) is 0 Å². The summed E-state index contributed by atoms with van der Waals surface area (Å²) in [5.74, 6) is -1.39. The molecule has 1 aromatic rings. The Balaban J connectivity index is 1.95. The van der Waals surface area contributed by atoms with Gasteiger partial charge in [0.25, 0.3) is 0 Å². The molecule has 0 spiro atoms. The van der Waals surface area contributed by atoms with Crippen molar-refractivity contribution in [2.24, 2.45) is 11.7 Å². The number of anilines is 1. The highest BCUT2D eigenvalue weighted by Gasteiger charge is 2.31. The number of hydrogen-bond donors (Lipinski definition) is 3. The van der Waals surface area contributed by atoms with Crippen molar-refractivity contribution in [3.63, 3.8) is 0 Å². The Bertz CT molecular complexity index is 472. The average Bonchev–Trinajstić information content (AvgIpc) is 2.77. The molecule has 0 aliphatic carbocycles. The summed E-state index contributed by atoms with van der Waals surface area (Å²) in [5, 5.41) is 11.4. The Morgan fingerprint density at radius 1 is 1.32 bits per heavy atom. The minimum atomic E-state index is -0.883. The summed E-state index contributed by atoms with van der Waals surface area (Å²) in [5.41, 5.74) is 7.07. The number of carbonyl (C=O) groups is 2. The van der Waals surface area contributed by atoms with Crippen LogP contribution in [0.15, 0.2) is 24.3 Å². The number of carbonyl (C=O) groups excluding carboxylic acids is 1. The first kappa shape index (κ1) is 13.5. The van der Waals surface area contributed by atoms with Crippen LogP contribution in [0.25, 0.3) is 0 Å². The van der Waals surface area contributed by atoms with E-state index in [9.17, 15) is 9.59 Å². The first-order valence-corrected chi connectivity index (χ1v) is 6.01. The predicted molar refractivity (Wildman–Crippen MR) is 68.7 cm³/mol. The average molecular weight is 264 g/mol. The van der Waals surface area contributed by atoms with Crippen LogP contribution in [0.1, 0.15) is 5.56 Å². The van der Waals surface area contributed by atoms with Crippen molar-refractivity contribution < 1.29 is 19.4 Å². The van der Waals surface area contributed by atoms with E-state index in [4.69, 9.17) is 15.6 Å². The van der Waals surface area contributed by atoms with Gasteiger partial charge in [-0.25, -0.2) is 0 Å². The van der Waals surface area contributed by atoms with Crippen LogP contribution < -0.4 is 11.1 Å². The quantitative estimate of drug-likeness (QED) is 0.722. The Kier molecular flexibility index (Phi) is 4.13. The van der Waals surface area contributed by atoms with E-state index in [0.717, 1.165) is 0 Å². The number of carboxylic acids is 1. The Hall–Kier alpha value is -1.92. The number of benzene rings is 1. The number of nitrogens with one attached hydrogen (secondary N) is 1. The van der Waals surface area contributed by atoms with Crippen LogP contribution in [0.4, 0.5) is 5.69 Å². The molecule has 6 nitrogen and oxygen atoms in total. The molecule has 6 heteroatoms. The molecule has 1 heterocycles. The van der Waals surface area contributed by atoms with Crippen LogP contribution in [0.3, 0.4) is 0 Å². The Labute approximate surface area is 110 Å². The summed E-state index contributed by atoms with van der Waals surface area (Å²) in [7, 11) is 0. The van der Waals surface area contributed by atoms with Crippen LogP contribution in [0.2, 0.25) is 0 Å².